The highest BCUT2D eigenvalue weighted by Gasteiger charge is 2.31. The molecule has 3 aromatic carbocycles. The lowest BCUT2D eigenvalue weighted by atomic mass is 10.1. The summed E-state index contributed by atoms with van der Waals surface area (Å²) in [6.45, 7) is 4.76. The Bertz CT molecular complexity index is 1770. The molecule has 0 spiro atoms. The molecular weight excluding hydrogens is 516 g/mol. The lowest BCUT2D eigenvalue weighted by Crippen LogP contribution is -2.07. The van der Waals surface area contributed by atoms with Crippen molar-refractivity contribution in [2.45, 2.75) is 27.7 Å². The Morgan fingerprint density at radius 1 is 0.564 bits per heavy atom. The van der Waals surface area contributed by atoms with Gasteiger partial charge < -0.3 is 37.3 Å². The highest BCUT2D eigenvalue weighted by atomic mass is 16.7. The number of benzene rings is 3. The summed E-state index contributed by atoms with van der Waals surface area (Å²) in [5.74, 6) is -1.83. The summed E-state index contributed by atoms with van der Waals surface area (Å²) in [6, 6.07) is 5.83. The summed E-state index contributed by atoms with van der Waals surface area (Å²) < 4.78 is 45.0. The first-order valence-corrected chi connectivity index (χ1v) is 11.6. The number of hydrogen-bond donors (Lipinski definition) is 0. The van der Waals surface area contributed by atoms with Crippen molar-refractivity contribution in [3.05, 3.63) is 24.3 Å². The highest BCUT2D eigenvalue weighted by Crippen LogP contribution is 2.54. The summed E-state index contributed by atoms with van der Waals surface area (Å²) in [7, 11) is 0. The van der Waals surface area contributed by atoms with Crippen molar-refractivity contribution in [2.75, 3.05) is 6.79 Å². The van der Waals surface area contributed by atoms with E-state index in [0.717, 1.165) is 0 Å². The second kappa shape index (κ2) is 8.65. The molecule has 3 heterocycles. The van der Waals surface area contributed by atoms with Gasteiger partial charge in [0.25, 0.3) is 0 Å². The first-order valence-electron chi connectivity index (χ1n) is 11.6. The molecule has 0 N–H and O–H groups in total. The normalized spacial score (nSPS) is 12.3. The van der Waals surface area contributed by atoms with Crippen LogP contribution in [-0.2, 0) is 19.2 Å². The fourth-order valence-electron chi connectivity index (χ4n) is 4.57. The number of esters is 4. The van der Waals surface area contributed by atoms with E-state index in [1.165, 1.54) is 52.0 Å². The first kappa shape index (κ1) is 24.1. The van der Waals surface area contributed by atoms with Crippen molar-refractivity contribution in [3.8, 4) is 34.5 Å². The van der Waals surface area contributed by atoms with Gasteiger partial charge >= 0.3 is 23.9 Å². The van der Waals surface area contributed by atoms with Crippen LogP contribution in [0.15, 0.2) is 33.1 Å². The Kier molecular flexibility index (Phi) is 5.35. The van der Waals surface area contributed by atoms with E-state index in [2.05, 4.69) is 0 Å². The minimum absolute atomic E-state index is 0.00214. The first-order chi connectivity index (χ1) is 18.6. The number of ether oxygens (including phenoxy) is 6. The highest BCUT2D eigenvalue weighted by molar-refractivity contribution is 6.25. The molecule has 1 aliphatic rings. The molecule has 0 unspecified atom stereocenters. The van der Waals surface area contributed by atoms with E-state index >= 15 is 0 Å². The second-order valence-corrected chi connectivity index (χ2v) is 8.64. The topological polar surface area (TPSA) is 150 Å². The molecule has 0 saturated carbocycles. The lowest BCUT2D eigenvalue weighted by molar-refractivity contribution is -0.134. The molecule has 0 radical (unpaired) electrons. The van der Waals surface area contributed by atoms with Gasteiger partial charge in [-0.3, -0.25) is 19.2 Å². The fourth-order valence-corrected chi connectivity index (χ4v) is 4.57. The van der Waals surface area contributed by atoms with Crippen LogP contribution >= 0.6 is 0 Å². The van der Waals surface area contributed by atoms with Gasteiger partial charge in [0.2, 0.25) is 6.79 Å². The standard InChI is InChI=1S/C27H18O12/c1-10(28)34-18-5-14-16(7-20(18)36-12(3)30)38-26-22(14)24-25(33-9-32-24)23-15-6-19(35-11(2)29)21(37-13(4)31)8-17(15)39-27(23)26/h5-8H,9H2,1-4H3. The van der Waals surface area contributed by atoms with Gasteiger partial charge in [-0.05, 0) is 12.1 Å². The summed E-state index contributed by atoms with van der Waals surface area (Å²) in [4.78, 5) is 46.8. The lowest BCUT2D eigenvalue weighted by Gasteiger charge is -2.08. The van der Waals surface area contributed by atoms with Crippen LogP contribution in [0.3, 0.4) is 0 Å². The number of rotatable bonds is 4. The summed E-state index contributed by atoms with van der Waals surface area (Å²) in [6.07, 6.45) is 0. The third-order valence-electron chi connectivity index (χ3n) is 5.80. The maximum Gasteiger partial charge on any atom is 0.308 e. The third-order valence-corrected chi connectivity index (χ3v) is 5.80. The number of carbonyl (C=O) groups excluding carboxylic acids is 4. The van der Waals surface area contributed by atoms with Crippen molar-refractivity contribution in [3.63, 3.8) is 0 Å². The molecule has 0 aliphatic carbocycles. The second-order valence-electron chi connectivity index (χ2n) is 8.64. The van der Waals surface area contributed by atoms with Crippen LogP contribution < -0.4 is 28.4 Å². The van der Waals surface area contributed by atoms with Gasteiger partial charge in [0, 0.05) is 50.6 Å². The Morgan fingerprint density at radius 2 is 0.897 bits per heavy atom. The summed E-state index contributed by atoms with van der Waals surface area (Å²) in [5.41, 5.74) is 1.09. The van der Waals surface area contributed by atoms with Gasteiger partial charge in [0.15, 0.2) is 45.7 Å². The monoisotopic (exact) mass is 534 g/mol. The minimum Gasteiger partial charge on any atom is -0.453 e. The molecule has 0 amide bonds. The summed E-state index contributed by atoms with van der Waals surface area (Å²) in [5, 5.41) is 1.88. The van der Waals surface area contributed by atoms with Gasteiger partial charge in [-0.25, -0.2) is 0 Å². The molecule has 1 aliphatic heterocycles. The van der Waals surface area contributed by atoms with Gasteiger partial charge in [0.1, 0.15) is 11.2 Å². The molecular formula is C27H18O12. The number of hydrogen-bond acceptors (Lipinski definition) is 12. The molecule has 12 heteroatoms. The van der Waals surface area contributed by atoms with Crippen LogP contribution in [0.25, 0.3) is 43.9 Å². The largest absolute Gasteiger partial charge is 0.453 e. The van der Waals surface area contributed by atoms with Gasteiger partial charge in [0.05, 0.1) is 10.8 Å². The quantitative estimate of drug-likeness (QED) is 0.227. The van der Waals surface area contributed by atoms with Crippen molar-refractivity contribution >= 4 is 67.8 Å². The Balaban J connectivity index is 1.70. The van der Waals surface area contributed by atoms with E-state index in [1.54, 1.807) is 0 Å². The van der Waals surface area contributed by atoms with Gasteiger partial charge in [-0.1, -0.05) is 0 Å². The number of carbonyl (C=O) groups is 4. The van der Waals surface area contributed by atoms with E-state index in [0.29, 0.717) is 33.0 Å². The average molecular weight is 534 g/mol. The van der Waals surface area contributed by atoms with Crippen molar-refractivity contribution in [1.29, 1.82) is 0 Å². The zero-order valence-corrected chi connectivity index (χ0v) is 20.9. The maximum absolute atomic E-state index is 11.7. The SMILES string of the molecule is CC(=O)Oc1cc2oc3c4oc5cc(OC(C)=O)c(OC(C)=O)cc5c4c4c(c3c2cc1OC(C)=O)OCO4. The van der Waals surface area contributed by atoms with Crippen LogP contribution in [0.2, 0.25) is 0 Å². The Labute approximate surface area is 217 Å². The zero-order valence-electron chi connectivity index (χ0n) is 20.9. The van der Waals surface area contributed by atoms with Crippen LogP contribution in [-0.4, -0.2) is 30.7 Å². The fraction of sp³-hybridized carbons (Fsp3) is 0.185. The molecule has 5 aromatic rings. The van der Waals surface area contributed by atoms with Crippen molar-refractivity contribution in [1.82, 2.24) is 0 Å². The molecule has 2 aromatic heterocycles. The van der Waals surface area contributed by atoms with E-state index in [1.807, 2.05) is 0 Å². The van der Waals surface area contributed by atoms with Gasteiger partial charge in [-0.15, -0.1) is 0 Å². The van der Waals surface area contributed by atoms with Crippen LogP contribution in [0.4, 0.5) is 0 Å². The zero-order chi connectivity index (χ0) is 27.6. The van der Waals surface area contributed by atoms with E-state index in [9.17, 15) is 19.2 Å². The van der Waals surface area contributed by atoms with Crippen LogP contribution in [0, 0.1) is 0 Å². The average Bonchev–Trinajstić information content (AvgIpc) is 3.52. The van der Waals surface area contributed by atoms with Crippen molar-refractivity contribution in [2.24, 2.45) is 0 Å². The molecule has 0 fully saturated rings. The van der Waals surface area contributed by atoms with E-state index < -0.39 is 23.9 Å². The predicted molar refractivity (Wildman–Crippen MR) is 132 cm³/mol. The summed E-state index contributed by atoms with van der Waals surface area (Å²) >= 11 is 0. The molecule has 0 bridgehead atoms. The predicted octanol–water partition coefficient (Wildman–Crippen LogP) is 4.92. The minimum atomic E-state index is -0.622. The van der Waals surface area contributed by atoms with Gasteiger partial charge in [-0.2, -0.15) is 0 Å². The Morgan fingerprint density at radius 3 is 1.23 bits per heavy atom. The molecule has 0 saturated heterocycles. The molecule has 6 rings (SSSR count). The molecule has 198 valence electrons. The van der Waals surface area contributed by atoms with Crippen molar-refractivity contribution < 1.29 is 56.4 Å². The van der Waals surface area contributed by atoms with E-state index in [4.69, 9.17) is 37.3 Å². The molecule has 39 heavy (non-hydrogen) atoms. The molecule has 12 nitrogen and oxygen atoms in total. The third kappa shape index (κ3) is 3.93. The Hall–Kier alpha value is -5.26. The maximum atomic E-state index is 11.7. The molecule has 0 atom stereocenters. The van der Waals surface area contributed by atoms with Crippen LogP contribution in [0.1, 0.15) is 27.7 Å². The van der Waals surface area contributed by atoms with Crippen LogP contribution in [0.5, 0.6) is 34.5 Å². The number of fused-ring (bicyclic) bond motifs is 10. The van der Waals surface area contributed by atoms with E-state index in [-0.39, 0.29) is 52.1 Å². The smallest absolute Gasteiger partial charge is 0.308 e. The number of furan rings is 2.